The van der Waals surface area contributed by atoms with Gasteiger partial charge in [0.1, 0.15) is 5.76 Å². The van der Waals surface area contributed by atoms with E-state index < -0.39 is 5.97 Å². The lowest BCUT2D eigenvalue weighted by Gasteiger charge is -2.11. The van der Waals surface area contributed by atoms with Crippen molar-refractivity contribution in [2.24, 2.45) is 0 Å². The third-order valence-corrected chi connectivity index (χ3v) is 3.54. The first-order chi connectivity index (χ1) is 10.5. The number of amides is 1. The van der Waals surface area contributed by atoms with Crippen molar-refractivity contribution >= 4 is 23.5 Å². The van der Waals surface area contributed by atoms with Crippen LogP contribution in [0.5, 0.6) is 0 Å². The highest BCUT2D eigenvalue weighted by atomic mass is 35.5. The Morgan fingerprint density at radius 3 is 2.64 bits per heavy atom. The fourth-order valence-electron chi connectivity index (χ4n) is 2.16. The number of aromatic carboxylic acids is 1. The largest absolute Gasteiger partial charge is 0.478 e. The molecule has 0 aliphatic heterocycles. The summed E-state index contributed by atoms with van der Waals surface area (Å²) < 4.78 is 5.24. The summed E-state index contributed by atoms with van der Waals surface area (Å²) >= 11 is 6.12. The fourth-order valence-corrected chi connectivity index (χ4v) is 2.43. The monoisotopic (exact) mass is 321 g/mol. The highest BCUT2D eigenvalue weighted by molar-refractivity contribution is 6.34. The van der Waals surface area contributed by atoms with Crippen molar-refractivity contribution in [1.82, 2.24) is 5.32 Å². The molecule has 0 bridgehead atoms. The van der Waals surface area contributed by atoms with E-state index >= 15 is 0 Å². The molecule has 0 aliphatic carbocycles. The van der Waals surface area contributed by atoms with Crippen molar-refractivity contribution in [3.05, 3.63) is 58.0 Å². The molecule has 0 radical (unpaired) electrons. The van der Waals surface area contributed by atoms with E-state index in [1.54, 1.807) is 25.3 Å². The Kier molecular flexibility index (Phi) is 5.22. The van der Waals surface area contributed by atoms with Crippen molar-refractivity contribution in [3.8, 4) is 0 Å². The SMILES string of the molecule is CCNC(=O)c1cc(C(=O)O)c(CCc2ccco2)cc1Cl. The van der Waals surface area contributed by atoms with Crippen LogP contribution >= 0.6 is 11.6 Å². The molecule has 0 saturated heterocycles. The third kappa shape index (κ3) is 3.68. The molecule has 1 amide bonds. The van der Waals surface area contributed by atoms with Crippen LogP contribution in [0.25, 0.3) is 0 Å². The fraction of sp³-hybridized carbons (Fsp3) is 0.250. The second-order valence-electron chi connectivity index (χ2n) is 4.73. The maximum Gasteiger partial charge on any atom is 0.335 e. The molecule has 0 aliphatic rings. The number of aryl methyl sites for hydroxylation is 2. The van der Waals surface area contributed by atoms with E-state index in [4.69, 9.17) is 16.0 Å². The average molecular weight is 322 g/mol. The van der Waals surface area contributed by atoms with Crippen LogP contribution < -0.4 is 5.32 Å². The number of nitrogens with one attached hydrogen (secondary N) is 1. The van der Waals surface area contributed by atoms with Crippen molar-refractivity contribution in [2.75, 3.05) is 6.54 Å². The molecule has 1 aromatic heterocycles. The van der Waals surface area contributed by atoms with Gasteiger partial charge in [0.15, 0.2) is 0 Å². The van der Waals surface area contributed by atoms with Crippen LogP contribution in [-0.4, -0.2) is 23.5 Å². The van der Waals surface area contributed by atoms with Gasteiger partial charge in [0.25, 0.3) is 5.91 Å². The van der Waals surface area contributed by atoms with Crippen LogP contribution in [0, 0.1) is 0 Å². The molecule has 0 saturated carbocycles. The summed E-state index contributed by atoms with van der Waals surface area (Å²) in [5.74, 6) is -0.704. The molecule has 0 unspecified atom stereocenters. The molecule has 2 N–H and O–H groups in total. The summed E-state index contributed by atoms with van der Waals surface area (Å²) in [4.78, 5) is 23.3. The normalized spacial score (nSPS) is 10.5. The Morgan fingerprint density at radius 1 is 1.27 bits per heavy atom. The third-order valence-electron chi connectivity index (χ3n) is 3.23. The van der Waals surface area contributed by atoms with Crippen LogP contribution in [0.2, 0.25) is 5.02 Å². The molecule has 0 fully saturated rings. The number of furan rings is 1. The number of halogens is 1. The van der Waals surface area contributed by atoms with Crippen molar-refractivity contribution in [1.29, 1.82) is 0 Å². The van der Waals surface area contributed by atoms with Crippen LogP contribution in [-0.2, 0) is 12.8 Å². The van der Waals surface area contributed by atoms with E-state index in [0.29, 0.717) is 24.9 Å². The molecule has 5 nitrogen and oxygen atoms in total. The number of benzene rings is 1. The van der Waals surface area contributed by atoms with Crippen LogP contribution in [0.1, 0.15) is 39.0 Å². The minimum absolute atomic E-state index is 0.0807. The second-order valence-corrected chi connectivity index (χ2v) is 5.14. The van der Waals surface area contributed by atoms with E-state index in [1.807, 2.05) is 6.07 Å². The predicted molar refractivity (Wildman–Crippen MR) is 82.5 cm³/mol. The maximum atomic E-state index is 11.9. The van der Waals surface area contributed by atoms with Gasteiger partial charge in [0, 0.05) is 13.0 Å². The summed E-state index contributed by atoms with van der Waals surface area (Å²) in [6.07, 6.45) is 2.59. The Hall–Kier alpha value is -2.27. The minimum Gasteiger partial charge on any atom is -0.478 e. The summed E-state index contributed by atoms with van der Waals surface area (Å²) in [6.45, 7) is 2.22. The molecular weight excluding hydrogens is 306 g/mol. The van der Waals surface area contributed by atoms with Crippen LogP contribution in [0.4, 0.5) is 0 Å². The molecule has 1 heterocycles. The molecule has 0 spiro atoms. The van der Waals surface area contributed by atoms with Crippen LogP contribution in [0.3, 0.4) is 0 Å². The lowest BCUT2D eigenvalue weighted by Crippen LogP contribution is -2.23. The van der Waals surface area contributed by atoms with Gasteiger partial charge in [0.05, 0.1) is 22.4 Å². The Morgan fingerprint density at radius 2 is 2.05 bits per heavy atom. The molecular formula is C16H16ClNO4. The van der Waals surface area contributed by atoms with Gasteiger partial charge in [0.2, 0.25) is 0 Å². The molecule has 22 heavy (non-hydrogen) atoms. The number of carbonyl (C=O) groups excluding carboxylic acids is 1. The van der Waals surface area contributed by atoms with Gasteiger partial charge in [-0.3, -0.25) is 4.79 Å². The zero-order valence-corrected chi connectivity index (χ0v) is 12.8. The van der Waals surface area contributed by atoms with Gasteiger partial charge in [-0.05, 0) is 43.2 Å². The minimum atomic E-state index is -1.09. The van der Waals surface area contributed by atoms with Gasteiger partial charge in [-0.15, -0.1) is 0 Å². The highest BCUT2D eigenvalue weighted by Gasteiger charge is 2.18. The smallest absolute Gasteiger partial charge is 0.335 e. The molecule has 116 valence electrons. The zero-order valence-electron chi connectivity index (χ0n) is 12.1. The first-order valence-corrected chi connectivity index (χ1v) is 7.27. The number of hydrogen-bond donors (Lipinski definition) is 2. The Bertz CT molecular complexity index is 680. The quantitative estimate of drug-likeness (QED) is 0.856. The Labute approximate surface area is 132 Å². The summed E-state index contributed by atoms with van der Waals surface area (Å²) in [5, 5.41) is 12.2. The van der Waals surface area contributed by atoms with Crippen LogP contribution in [0.15, 0.2) is 34.9 Å². The van der Waals surface area contributed by atoms with Crippen molar-refractivity contribution in [3.63, 3.8) is 0 Å². The molecule has 6 heteroatoms. The zero-order chi connectivity index (χ0) is 16.1. The highest BCUT2D eigenvalue weighted by Crippen LogP contribution is 2.23. The number of carboxylic acid groups (broad SMARTS) is 1. The van der Waals surface area contributed by atoms with E-state index in [0.717, 1.165) is 5.76 Å². The number of carboxylic acids is 1. The predicted octanol–water partition coefficient (Wildman–Crippen LogP) is 3.17. The summed E-state index contributed by atoms with van der Waals surface area (Å²) in [5.41, 5.74) is 0.821. The summed E-state index contributed by atoms with van der Waals surface area (Å²) in [6, 6.07) is 6.47. The first kappa shape index (κ1) is 16.1. The lowest BCUT2D eigenvalue weighted by molar-refractivity contribution is 0.0695. The first-order valence-electron chi connectivity index (χ1n) is 6.89. The number of rotatable bonds is 6. The molecule has 2 rings (SSSR count). The standard InChI is InChI=1S/C16H16ClNO4/c1-2-18-15(19)13-9-12(16(20)21)10(8-14(13)17)5-6-11-4-3-7-22-11/h3-4,7-9H,2,5-6H2,1H3,(H,18,19)(H,20,21). The van der Waals surface area contributed by atoms with Gasteiger partial charge >= 0.3 is 5.97 Å². The number of hydrogen-bond acceptors (Lipinski definition) is 3. The van der Waals surface area contributed by atoms with Gasteiger partial charge in [-0.25, -0.2) is 4.79 Å². The topological polar surface area (TPSA) is 79.5 Å². The lowest BCUT2D eigenvalue weighted by atomic mass is 9.99. The molecule has 1 aromatic carbocycles. The van der Waals surface area contributed by atoms with E-state index in [1.165, 1.54) is 6.07 Å². The average Bonchev–Trinajstić information content (AvgIpc) is 2.98. The van der Waals surface area contributed by atoms with Crippen molar-refractivity contribution < 1.29 is 19.1 Å². The van der Waals surface area contributed by atoms with Gasteiger partial charge < -0.3 is 14.8 Å². The van der Waals surface area contributed by atoms with E-state index in [9.17, 15) is 14.7 Å². The maximum absolute atomic E-state index is 11.9. The van der Waals surface area contributed by atoms with Gasteiger partial charge in [-0.2, -0.15) is 0 Å². The molecule has 0 atom stereocenters. The van der Waals surface area contributed by atoms with Crippen molar-refractivity contribution in [2.45, 2.75) is 19.8 Å². The second kappa shape index (κ2) is 7.13. The Balaban J connectivity index is 2.31. The number of carbonyl (C=O) groups is 2. The van der Waals surface area contributed by atoms with E-state index in [-0.39, 0.29) is 22.1 Å². The molecule has 2 aromatic rings. The van der Waals surface area contributed by atoms with E-state index in [2.05, 4.69) is 5.32 Å². The van der Waals surface area contributed by atoms with Gasteiger partial charge in [-0.1, -0.05) is 11.6 Å². The summed E-state index contributed by atoms with van der Waals surface area (Å²) in [7, 11) is 0.